The van der Waals surface area contributed by atoms with E-state index in [0.29, 0.717) is 12.8 Å². The summed E-state index contributed by atoms with van der Waals surface area (Å²) in [6.45, 7) is 0.308. The maximum absolute atomic E-state index is 11.8. The highest BCUT2D eigenvalue weighted by Gasteiger charge is 2.30. The maximum Gasteiger partial charge on any atom is 0.306 e. The number of hydrogen-bond acceptors (Lipinski definition) is 5. The molecule has 0 aromatic carbocycles. The second-order valence-electron chi connectivity index (χ2n) is 4.24. The highest BCUT2D eigenvalue weighted by atomic mass is 32.2. The molecule has 0 radical (unpaired) electrons. The monoisotopic (exact) mass is 294 g/mol. The van der Waals surface area contributed by atoms with Gasteiger partial charge in [-0.15, -0.1) is 0 Å². The molecule has 0 aliphatic carbocycles. The van der Waals surface area contributed by atoms with Crippen molar-refractivity contribution in [2.24, 2.45) is 5.92 Å². The van der Waals surface area contributed by atoms with Gasteiger partial charge in [0.15, 0.2) is 0 Å². The molecule has 1 aliphatic rings. The van der Waals surface area contributed by atoms with E-state index in [1.54, 1.807) is 0 Å². The van der Waals surface area contributed by atoms with Gasteiger partial charge in [0.05, 0.1) is 19.4 Å². The third kappa shape index (κ3) is 4.77. The minimum atomic E-state index is -3.65. The number of methoxy groups -OCH3 is 1. The number of carbonyl (C=O) groups is 2. The highest BCUT2D eigenvalue weighted by molar-refractivity contribution is 7.87. The van der Waals surface area contributed by atoms with Crippen LogP contribution in [0.1, 0.15) is 19.3 Å². The number of hydrogen-bond donors (Lipinski definition) is 2. The Bertz CT molecular complexity index is 427. The van der Waals surface area contributed by atoms with Gasteiger partial charge in [-0.3, -0.25) is 9.59 Å². The Hall–Kier alpha value is -1.19. The van der Waals surface area contributed by atoms with Gasteiger partial charge in [0, 0.05) is 19.6 Å². The number of piperidine rings is 1. The van der Waals surface area contributed by atoms with Crippen LogP contribution < -0.4 is 4.72 Å². The molecule has 8 nitrogen and oxygen atoms in total. The number of carboxylic acid groups (broad SMARTS) is 1. The van der Waals surface area contributed by atoms with Crippen molar-refractivity contribution < 1.29 is 27.9 Å². The summed E-state index contributed by atoms with van der Waals surface area (Å²) in [5.74, 6) is -1.87. The molecule has 1 saturated heterocycles. The third-order valence-electron chi connectivity index (χ3n) is 2.98. The van der Waals surface area contributed by atoms with Gasteiger partial charge in [0.25, 0.3) is 10.2 Å². The zero-order chi connectivity index (χ0) is 14.5. The highest BCUT2D eigenvalue weighted by Crippen LogP contribution is 2.18. The average molecular weight is 294 g/mol. The van der Waals surface area contributed by atoms with Crippen LogP contribution in [0.5, 0.6) is 0 Å². The van der Waals surface area contributed by atoms with Crippen LogP contribution in [0.15, 0.2) is 0 Å². The quantitative estimate of drug-likeness (QED) is 0.619. The SMILES string of the molecule is COC(=O)CCNS(=O)(=O)N1CCC(C(=O)O)CC1. The number of nitrogens with zero attached hydrogens (tertiary/aromatic N) is 1. The van der Waals surface area contributed by atoms with Crippen molar-refractivity contribution in [3.63, 3.8) is 0 Å². The minimum absolute atomic E-state index is 0.0339. The lowest BCUT2D eigenvalue weighted by Gasteiger charge is -2.29. The number of esters is 1. The number of rotatable bonds is 6. The van der Waals surface area contributed by atoms with E-state index >= 15 is 0 Å². The fourth-order valence-electron chi connectivity index (χ4n) is 1.82. The van der Waals surface area contributed by atoms with Crippen molar-refractivity contribution in [2.45, 2.75) is 19.3 Å². The van der Waals surface area contributed by atoms with Crippen molar-refractivity contribution >= 4 is 22.1 Å². The Morgan fingerprint density at radius 3 is 2.42 bits per heavy atom. The van der Waals surface area contributed by atoms with Crippen molar-refractivity contribution in [1.82, 2.24) is 9.03 Å². The average Bonchev–Trinajstić information content (AvgIpc) is 2.38. The fourth-order valence-corrected chi connectivity index (χ4v) is 3.05. The van der Waals surface area contributed by atoms with E-state index in [1.165, 1.54) is 11.4 Å². The van der Waals surface area contributed by atoms with Gasteiger partial charge in [-0.05, 0) is 12.8 Å². The Morgan fingerprint density at radius 2 is 1.95 bits per heavy atom. The van der Waals surface area contributed by atoms with Gasteiger partial charge >= 0.3 is 11.9 Å². The van der Waals surface area contributed by atoms with Crippen LogP contribution in [0.25, 0.3) is 0 Å². The first-order chi connectivity index (χ1) is 8.86. The molecule has 0 aromatic heterocycles. The number of carbonyl (C=O) groups excluding carboxylic acids is 1. The summed E-state index contributed by atoms with van der Waals surface area (Å²) in [6.07, 6.45) is 0.557. The third-order valence-corrected chi connectivity index (χ3v) is 4.60. The van der Waals surface area contributed by atoms with E-state index in [0.717, 1.165) is 0 Å². The van der Waals surface area contributed by atoms with E-state index in [1.807, 2.05) is 0 Å². The van der Waals surface area contributed by atoms with Crippen LogP contribution in [-0.2, 0) is 24.5 Å². The predicted octanol–water partition coefficient (Wildman–Crippen LogP) is -0.819. The molecule has 0 atom stereocenters. The van der Waals surface area contributed by atoms with Crippen LogP contribution in [0.3, 0.4) is 0 Å². The Labute approximate surface area is 111 Å². The largest absolute Gasteiger partial charge is 0.481 e. The summed E-state index contributed by atoms with van der Waals surface area (Å²) >= 11 is 0. The lowest BCUT2D eigenvalue weighted by atomic mass is 9.99. The second-order valence-corrected chi connectivity index (χ2v) is 5.99. The summed E-state index contributed by atoms with van der Waals surface area (Å²) in [7, 11) is -2.42. The van der Waals surface area contributed by atoms with Crippen LogP contribution >= 0.6 is 0 Å². The van der Waals surface area contributed by atoms with Crippen molar-refractivity contribution in [2.75, 3.05) is 26.7 Å². The lowest BCUT2D eigenvalue weighted by Crippen LogP contribution is -2.46. The predicted molar refractivity (Wildman–Crippen MR) is 65.5 cm³/mol. The molecule has 0 unspecified atom stereocenters. The Kier molecular flexibility index (Phi) is 5.70. The van der Waals surface area contributed by atoms with Crippen LogP contribution in [0, 0.1) is 5.92 Å². The minimum Gasteiger partial charge on any atom is -0.481 e. The van der Waals surface area contributed by atoms with Crippen LogP contribution in [0.2, 0.25) is 0 Å². The Morgan fingerprint density at radius 1 is 1.37 bits per heavy atom. The number of aliphatic carboxylic acids is 1. The summed E-state index contributed by atoms with van der Waals surface area (Å²) in [5.41, 5.74) is 0. The number of carboxylic acids is 1. The molecule has 1 heterocycles. The van der Waals surface area contributed by atoms with Crippen molar-refractivity contribution in [3.8, 4) is 0 Å². The Balaban J connectivity index is 2.42. The zero-order valence-electron chi connectivity index (χ0n) is 10.7. The molecule has 1 fully saturated rings. The first-order valence-electron chi connectivity index (χ1n) is 5.91. The first kappa shape index (κ1) is 15.9. The smallest absolute Gasteiger partial charge is 0.306 e. The normalized spacial score (nSPS) is 18.2. The molecule has 9 heteroatoms. The van der Waals surface area contributed by atoms with E-state index in [9.17, 15) is 18.0 Å². The van der Waals surface area contributed by atoms with Crippen LogP contribution in [-0.4, -0.2) is 56.5 Å². The molecule has 0 aromatic rings. The number of nitrogens with one attached hydrogen (secondary N) is 1. The standard InChI is InChI=1S/C10H18N2O6S/c1-18-9(13)2-5-11-19(16,17)12-6-3-8(4-7-12)10(14)15/h8,11H,2-7H2,1H3,(H,14,15). The summed E-state index contributed by atoms with van der Waals surface area (Å²) in [6, 6.07) is 0. The second kappa shape index (κ2) is 6.83. The van der Waals surface area contributed by atoms with Gasteiger partial charge in [-0.25, -0.2) is 4.72 Å². The topological polar surface area (TPSA) is 113 Å². The lowest BCUT2D eigenvalue weighted by molar-refractivity contribution is -0.143. The van der Waals surface area contributed by atoms with Crippen molar-refractivity contribution in [3.05, 3.63) is 0 Å². The van der Waals surface area contributed by atoms with Crippen molar-refractivity contribution in [1.29, 1.82) is 0 Å². The van der Waals surface area contributed by atoms with E-state index in [-0.39, 0.29) is 26.1 Å². The van der Waals surface area contributed by atoms with E-state index in [2.05, 4.69) is 9.46 Å². The van der Waals surface area contributed by atoms with Gasteiger partial charge < -0.3 is 9.84 Å². The summed E-state index contributed by atoms with van der Waals surface area (Å²) < 4.78 is 31.6. The molecule has 0 bridgehead atoms. The molecule has 2 N–H and O–H groups in total. The molecular formula is C10H18N2O6S. The van der Waals surface area contributed by atoms with E-state index < -0.39 is 28.1 Å². The molecule has 0 spiro atoms. The first-order valence-corrected chi connectivity index (χ1v) is 7.35. The van der Waals surface area contributed by atoms with Gasteiger partial charge in [0.2, 0.25) is 0 Å². The van der Waals surface area contributed by atoms with Gasteiger partial charge in [0.1, 0.15) is 0 Å². The summed E-state index contributed by atoms with van der Waals surface area (Å²) in [4.78, 5) is 21.6. The molecule has 19 heavy (non-hydrogen) atoms. The molecule has 0 amide bonds. The molecule has 0 saturated carbocycles. The summed E-state index contributed by atoms with van der Waals surface area (Å²) in [5, 5.41) is 8.82. The maximum atomic E-state index is 11.8. The molecular weight excluding hydrogens is 276 g/mol. The zero-order valence-corrected chi connectivity index (χ0v) is 11.5. The number of ether oxygens (including phenoxy) is 1. The fraction of sp³-hybridized carbons (Fsp3) is 0.800. The molecule has 110 valence electrons. The van der Waals surface area contributed by atoms with Crippen LogP contribution in [0.4, 0.5) is 0 Å². The van der Waals surface area contributed by atoms with Gasteiger partial charge in [-0.2, -0.15) is 12.7 Å². The molecule has 1 aliphatic heterocycles. The van der Waals surface area contributed by atoms with E-state index in [4.69, 9.17) is 5.11 Å². The molecule has 1 rings (SSSR count). The van der Waals surface area contributed by atoms with Gasteiger partial charge in [-0.1, -0.05) is 0 Å².